The summed E-state index contributed by atoms with van der Waals surface area (Å²) in [5.74, 6) is -0.190. The van der Waals surface area contributed by atoms with Crippen molar-refractivity contribution >= 4 is 17.3 Å². The summed E-state index contributed by atoms with van der Waals surface area (Å²) >= 11 is 0. The lowest BCUT2D eigenvalue weighted by Crippen LogP contribution is -2.15. The molecule has 0 aliphatic carbocycles. The van der Waals surface area contributed by atoms with Gasteiger partial charge in [-0.05, 0) is 26.8 Å². The lowest BCUT2D eigenvalue weighted by molar-refractivity contribution is 0.102. The maximum Gasteiger partial charge on any atom is 0.259 e. The van der Waals surface area contributed by atoms with E-state index in [-0.39, 0.29) is 5.91 Å². The normalized spacial score (nSPS) is 10.4. The highest BCUT2D eigenvalue weighted by molar-refractivity contribution is 6.08. The van der Waals surface area contributed by atoms with Gasteiger partial charge in [0, 0.05) is 31.7 Å². The third-order valence-corrected chi connectivity index (χ3v) is 2.91. The molecule has 0 fully saturated rings. The van der Waals surface area contributed by atoms with Crippen molar-refractivity contribution in [2.24, 2.45) is 7.05 Å². The maximum atomic E-state index is 12.4. The molecule has 0 bridgehead atoms. The summed E-state index contributed by atoms with van der Waals surface area (Å²) in [5, 5.41) is 10.2. The van der Waals surface area contributed by atoms with Crippen LogP contribution in [0, 0.1) is 13.8 Å². The van der Waals surface area contributed by atoms with Gasteiger partial charge in [-0.1, -0.05) is 0 Å². The van der Waals surface area contributed by atoms with E-state index in [1.165, 1.54) is 0 Å². The minimum atomic E-state index is -0.190. The number of nitrogens with one attached hydrogen (secondary N) is 2. The number of nitrogens with zero attached hydrogens (tertiary/aromatic N) is 3. The van der Waals surface area contributed by atoms with Crippen LogP contribution in [-0.4, -0.2) is 27.2 Å². The molecular weight excluding hydrogens is 254 g/mol. The Morgan fingerprint density at radius 1 is 1.35 bits per heavy atom. The summed E-state index contributed by atoms with van der Waals surface area (Å²) in [6.07, 6.45) is 3.37. The summed E-state index contributed by atoms with van der Waals surface area (Å²) in [5.41, 5.74) is 3.68. The third-order valence-electron chi connectivity index (χ3n) is 2.91. The molecule has 2 N–H and O–H groups in total. The quantitative estimate of drug-likeness (QED) is 0.895. The molecule has 106 valence electrons. The van der Waals surface area contributed by atoms with Crippen LogP contribution in [0.1, 0.15) is 28.7 Å². The summed E-state index contributed by atoms with van der Waals surface area (Å²) < 4.78 is 1.67. The number of amides is 1. The monoisotopic (exact) mass is 273 g/mol. The summed E-state index contributed by atoms with van der Waals surface area (Å²) in [4.78, 5) is 16.5. The minimum absolute atomic E-state index is 0.190. The molecule has 0 spiro atoms. The zero-order chi connectivity index (χ0) is 14.7. The van der Waals surface area contributed by atoms with E-state index >= 15 is 0 Å². The van der Waals surface area contributed by atoms with Gasteiger partial charge in [0.2, 0.25) is 0 Å². The van der Waals surface area contributed by atoms with Gasteiger partial charge >= 0.3 is 0 Å². The first-order chi connectivity index (χ1) is 9.51. The number of aromatic nitrogens is 3. The van der Waals surface area contributed by atoms with Gasteiger partial charge in [-0.3, -0.25) is 14.5 Å². The highest BCUT2D eigenvalue weighted by Gasteiger charge is 2.14. The van der Waals surface area contributed by atoms with Gasteiger partial charge in [-0.2, -0.15) is 5.10 Å². The Bertz CT molecular complexity index is 632. The van der Waals surface area contributed by atoms with Crippen LogP contribution in [0.5, 0.6) is 0 Å². The second-order valence-electron chi connectivity index (χ2n) is 4.66. The van der Waals surface area contributed by atoms with Gasteiger partial charge in [0.15, 0.2) is 0 Å². The zero-order valence-electron chi connectivity index (χ0n) is 12.2. The number of pyridine rings is 1. The molecule has 0 atom stereocenters. The Labute approximate surface area is 118 Å². The van der Waals surface area contributed by atoms with E-state index < -0.39 is 0 Å². The third kappa shape index (κ3) is 2.96. The highest BCUT2D eigenvalue weighted by atomic mass is 16.1. The topological polar surface area (TPSA) is 71.8 Å². The molecular formula is C14H19N5O. The first-order valence-corrected chi connectivity index (χ1v) is 6.53. The van der Waals surface area contributed by atoms with Crippen molar-refractivity contribution in [2.75, 3.05) is 17.2 Å². The van der Waals surface area contributed by atoms with Crippen LogP contribution in [0.3, 0.4) is 0 Å². The maximum absolute atomic E-state index is 12.4. The van der Waals surface area contributed by atoms with E-state index in [0.29, 0.717) is 11.3 Å². The zero-order valence-corrected chi connectivity index (χ0v) is 12.2. The van der Waals surface area contributed by atoms with Crippen molar-refractivity contribution in [1.29, 1.82) is 0 Å². The van der Waals surface area contributed by atoms with Gasteiger partial charge in [-0.25, -0.2) is 0 Å². The Morgan fingerprint density at radius 2 is 2.10 bits per heavy atom. The molecule has 20 heavy (non-hydrogen) atoms. The van der Waals surface area contributed by atoms with Crippen LogP contribution >= 0.6 is 0 Å². The number of carbonyl (C=O) groups excluding carboxylic acids is 1. The number of aryl methyl sites for hydroxylation is 3. The van der Waals surface area contributed by atoms with Crippen LogP contribution < -0.4 is 10.6 Å². The molecule has 2 aromatic heterocycles. The summed E-state index contributed by atoms with van der Waals surface area (Å²) in [6, 6.07) is 1.87. The number of hydrogen-bond acceptors (Lipinski definition) is 4. The van der Waals surface area contributed by atoms with Crippen LogP contribution in [-0.2, 0) is 7.05 Å². The van der Waals surface area contributed by atoms with Crippen molar-refractivity contribution < 1.29 is 4.79 Å². The van der Waals surface area contributed by atoms with Crippen LogP contribution in [0.2, 0.25) is 0 Å². The fourth-order valence-corrected chi connectivity index (χ4v) is 1.99. The second kappa shape index (κ2) is 5.73. The molecule has 2 rings (SSSR count). The second-order valence-corrected chi connectivity index (χ2v) is 4.66. The van der Waals surface area contributed by atoms with Gasteiger partial charge in [0.1, 0.15) is 0 Å². The molecule has 0 saturated heterocycles. The average molecular weight is 273 g/mol. The van der Waals surface area contributed by atoms with Gasteiger partial charge in [-0.15, -0.1) is 0 Å². The first kappa shape index (κ1) is 14.0. The molecule has 1 amide bonds. The van der Waals surface area contributed by atoms with E-state index in [4.69, 9.17) is 0 Å². The smallest absolute Gasteiger partial charge is 0.259 e. The van der Waals surface area contributed by atoms with Gasteiger partial charge in [0.25, 0.3) is 5.91 Å². The Kier molecular flexibility index (Phi) is 4.02. The Morgan fingerprint density at radius 3 is 2.70 bits per heavy atom. The van der Waals surface area contributed by atoms with Gasteiger partial charge < -0.3 is 10.6 Å². The number of hydrogen-bond donors (Lipinski definition) is 2. The molecule has 0 radical (unpaired) electrons. The van der Waals surface area contributed by atoms with Gasteiger partial charge in [0.05, 0.1) is 22.6 Å². The van der Waals surface area contributed by atoms with Crippen LogP contribution in [0.15, 0.2) is 18.5 Å². The van der Waals surface area contributed by atoms with Crippen molar-refractivity contribution in [1.82, 2.24) is 14.8 Å². The van der Waals surface area contributed by atoms with E-state index in [1.54, 1.807) is 17.1 Å². The Balaban J connectivity index is 2.27. The Hall–Kier alpha value is -2.37. The molecule has 6 heteroatoms. The molecule has 0 unspecified atom stereocenters. The molecule has 2 heterocycles. The lowest BCUT2D eigenvalue weighted by atomic mass is 10.2. The number of rotatable bonds is 4. The lowest BCUT2D eigenvalue weighted by Gasteiger charge is -2.11. The van der Waals surface area contributed by atoms with Crippen molar-refractivity contribution in [2.45, 2.75) is 20.8 Å². The summed E-state index contributed by atoms with van der Waals surface area (Å²) in [6.45, 7) is 6.49. The van der Waals surface area contributed by atoms with Crippen LogP contribution in [0.4, 0.5) is 11.4 Å². The van der Waals surface area contributed by atoms with Crippen molar-refractivity contribution in [3.05, 3.63) is 35.4 Å². The van der Waals surface area contributed by atoms with Crippen LogP contribution in [0.25, 0.3) is 0 Å². The molecule has 0 aliphatic rings. The van der Waals surface area contributed by atoms with E-state index in [0.717, 1.165) is 23.6 Å². The molecule has 6 nitrogen and oxygen atoms in total. The number of carbonyl (C=O) groups is 1. The fourth-order valence-electron chi connectivity index (χ4n) is 1.99. The highest BCUT2D eigenvalue weighted by Crippen LogP contribution is 2.19. The van der Waals surface area contributed by atoms with E-state index in [1.807, 2.05) is 33.9 Å². The predicted molar refractivity (Wildman–Crippen MR) is 79.0 cm³/mol. The van der Waals surface area contributed by atoms with E-state index in [9.17, 15) is 4.79 Å². The minimum Gasteiger partial charge on any atom is -0.385 e. The van der Waals surface area contributed by atoms with E-state index in [2.05, 4.69) is 20.7 Å². The SMILES string of the molecule is CCNc1cc(C)ncc1C(=O)Nc1cn(C)nc1C. The van der Waals surface area contributed by atoms with Crippen molar-refractivity contribution in [3.8, 4) is 0 Å². The summed E-state index contributed by atoms with van der Waals surface area (Å²) in [7, 11) is 1.82. The molecule has 0 aliphatic heterocycles. The first-order valence-electron chi connectivity index (χ1n) is 6.53. The standard InChI is InChI=1S/C14H19N5O/c1-5-15-12-6-9(2)16-7-11(12)14(20)17-13-8-19(4)18-10(13)3/h6-8H,5H2,1-4H3,(H,15,16)(H,17,20). The predicted octanol–water partition coefficient (Wildman–Crippen LogP) is 2.12. The largest absolute Gasteiger partial charge is 0.385 e. The average Bonchev–Trinajstić information content (AvgIpc) is 2.68. The van der Waals surface area contributed by atoms with Crippen molar-refractivity contribution in [3.63, 3.8) is 0 Å². The molecule has 2 aromatic rings. The fraction of sp³-hybridized carbons (Fsp3) is 0.357. The number of anilines is 2. The molecule has 0 saturated carbocycles. The molecule has 0 aromatic carbocycles.